The van der Waals surface area contributed by atoms with Gasteiger partial charge >= 0.3 is 0 Å². The van der Waals surface area contributed by atoms with E-state index in [1.807, 2.05) is 51.1 Å². The Bertz CT molecular complexity index is 1040. The van der Waals surface area contributed by atoms with Crippen molar-refractivity contribution >= 4 is 17.3 Å². The molecule has 7 heteroatoms. The molecule has 1 aliphatic rings. The minimum Gasteiger partial charge on any atom is -0.396 e. The van der Waals surface area contributed by atoms with Crippen LogP contribution in [0.2, 0.25) is 0 Å². The number of hydrogen-bond acceptors (Lipinski definition) is 4. The molecule has 1 aliphatic heterocycles. The van der Waals surface area contributed by atoms with E-state index >= 15 is 0 Å². The normalized spacial score (nSPS) is 20.1. The van der Waals surface area contributed by atoms with E-state index in [4.69, 9.17) is 5.10 Å². The monoisotopic (exact) mass is 485 g/mol. The molecule has 2 N–H and O–H groups in total. The summed E-state index contributed by atoms with van der Waals surface area (Å²) in [5.41, 5.74) is 0.0937. The molecular weight excluding hydrogens is 448 g/mol. The fourth-order valence-corrected chi connectivity index (χ4v) is 4.64. The summed E-state index contributed by atoms with van der Waals surface area (Å²) in [4.78, 5) is 13.8. The number of carbonyl (C=O) groups excluding carboxylic acids is 1. The molecule has 35 heavy (non-hydrogen) atoms. The second-order valence-corrected chi connectivity index (χ2v) is 10.3. The highest BCUT2D eigenvalue weighted by Crippen LogP contribution is 2.42. The number of aliphatic hydroxyl groups excluding tert-OH is 1. The first-order valence-corrected chi connectivity index (χ1v) is 12.4. The van der Waals surface area contributed by atoms with Crippen LogP contribution in [0.5, 0.6) is 0 Å². The third-order valence-corrected chi connectivity index (χ3v) is 6.91. The number of hydrazone groups is 1. The lowest BCUT2D eigenvalue weighted by atomic mass is 9.76. The molecule has 0 saturated carbocycles. The van der Waals surface area contributed by atoms with E-state index < -0.39 is 23.1 Å². The summed E-state index contributed by atoms with van der Waals surface area (Å²) in [5, 5.41) is 19.1. The van der Waals surface area contributed by atoms with Crippen molar-refractivity contribution in [1.29, 1.82) is 0 Å². The first-order valence-electron chi connectivity index (χ1n) is 12.4. The van der Waals surface area contributed by atoms with Crippen molar-refractivity contribution in [2.45, 2.75) is 65.3 Å². The Morgan fingerprint density at radius 2 is 1.89 bits per heavy atom. The van der Waals surface area contributed by atoms with Crippen LogP contribution < -0.4 is 10.3 Å². The predicted molar refractivity (Wildman–Crippen MR) is 136 cm³/mol. The van der Waals surface area contributed by atoms with Crippen molar-refractivity contribution in [3.63, 3.8) is 0 Å². The molecule has 5 nitrogen and oxygen atoms in total. The van der Waals surface area contributed by atoms with Gasteiger partial charge in [-0.25, -0.2) is 13.8 Å². The lowest BCUT2D eigenvalue weighted by molar-refractivity contribution is -0.126. The standard InChI is InChI=1S/C28H37F2N3O2/c1-5-6-13-23-25(22-15-14-20(29)18-24(22)30)32-33(21-11-8-7-9-12-21)28(23,4)26(35)31-17-10-16-27(2,3)19-34/h7-9,11-12,14-15,18,23,34H,5-6,10,13,16-17,19H2,1-4H3,(H,31,35). The second-order valence-electron chi connectivity index (χ2n) is 10.3. The molecule has 0 spiro atoms. The van der Waals surface area contributed by atoms with Crippen LogP contribution in [0.15, 0.2) is 53.6 Å². The number of anilines is 1. The van der Waals surface area contributed by atoms with Gasteiger partial charge in [0.2, 0.25) is 5.91 Å². The smallest absolute Gasteiger partial charge is 0.248 e. The molecule has 3 rings (SSSR count). The summed E-state index contributed by atoms with van der Waals surface area (Å²) in [6, 6.07) is 12.9. The highest BCUT2D eigenvalue weighted by atomic mass is 19.1. The van der Waals surface area contributed by atoms with E-state index in [2.05, 4.69) is 12.2 Å². The number of rotatable bonds is 11. The second kappa shape index (κ2) is 11.3. The number of para-hydroxylation sites is 1. The van der Waals surface area contributed by atoms with E-state index in [1.165, 1.54) is 12.1 Å². The maximum Gasteiger partial charge on any atom is 0.248 e. The van der Waals surface area contributed by atoms with Crippen LogP contribution in [0, 0.1) is 23.0 Å². The number of unbranched alkanes of at least 4 members (excludes halogenated alkanes) is 1. The highest BCUT2D eigenvalue weighted by molar-refractivity contribution is 6.10. The van der Waals surface area contributed by atoms with E-state index in [9.17, 15) is 18.7 Å². The maximum atomic E-state index is 14.9. The topological polar surface area (TPSA) is 64.9 Å². The van der Waals surface area contributed by atoms with Gasteiger partial charge in [-0.2, -0.15) is 5.10 Å². The zero-order chi connectivity index (χ0) is 25.6. The Hall–Kier alpha value is -2.80. The van der Waals surface area contributed by atoms with E-state index in [0.29, 0.717) is 18.7 Å². The van der Waals surface area contributed by atoms with Crippen LogP contribution in [0.1, 0.15) is 65.4 Å². The fourth-order valence-electron chi connectivity index (χ4n) is 4.64. The zero-order valence-corrected chi connectivity index (χ0v) is 21.2. The van der Waals surface area contributed by atoms with Crippen LogP contribution in [0.25, 0.3) is 0 Å². The zero-order valence-electron chi connectivity index (χ0n) is 21.2. The molecule has 0 aromatic heterocycles. The Balaban J connectivity index is 1.98. The van der Waals surface area contributed by atoms with Crippen molar-refractivity contribution in [3.05, 3.63) is 65.7 Å². The molecule has 190 valence electrons. The quantitative estimate of drug-likeness (QED) is 0.403. The van der Waals surface area contributed by atoms with Gasteiger partial charge in [0.05, 0.1) is 11.4 Å². The van der Waals surface area contributed by atoms with Gasteiger partial charge in [0.15, 0.2) is 0 Å². The van der Waals surface area contributed by atoms with Crippen molar-refractivity contribution in [2.75, 3.05) is 18.2 Å². The molecule has 2 aromatic rings. The van der Waals surface area contributed by atoms with Crippen LogP contribution in [0.4, 0.5) is 14.5 Å². The van der Waals surface area contributed by atoms with Gasteiger partial charge in [-0.05, 0) is 55.9 Å². The lowest BCUT2D eigenvalue weighted by Crippen LogP contribution is -2.58. The van der Waals surface area contributed by atoms with Gasteiger partial charge in [0.1, 0.15) is 17.2 Å². The average Bonchev–Trinajstić information content (AvgIpc) is 3.14. The Labute approximate surface area is 207 Å². The van der Waals surface area contributed by atoms with Crippen molar-refractivity contribution < 1.29 is 18.7 Å². The van der Waals surface area contributed by atoms with Gasteiger partial charge in [0.25, 0.3) is 0 Å². The molecular formula is C28H37F2N3O2. The van der Waals surface area contributed by atoms with Gasteiger partial charge in [0, 0.05) is 30.7 Å². The lowest BCUT2D eigenvalue weighted by Gasteiger charge is -2.38. The number of amides is 1. The third kappa shape index (κ3) is 5.89. The molecule has 0 aliphatic carbocycles. The largest absolute Gasteiger partial charge is 0.396 e. The SMILES string of the molecule is CCCCC1C(c2ccc(F)cc2F)=NN(c2ccccc2)C1(C)C(=O)NCCCC(C)(C)CO. The minimum atomic E-state index is -1.10. The molecule has 2 aromatic carbocycles. The maximum absolute atomic E-state index is 14.9. The van der Waals surface area contributed by atoms with Crippen molar-refractivity contribution in [3.8, 4) is 0 Å². The molecule has 0 fully saturated rings. The molecule has 2 unspecified atom stereocenters. The van der Waals surface area contributed by atoms with E-state index in [1.54, 1.807) is 5.01 Å². The van der Waals surface area contributed by atoms with E-state index in [0.717, 1.165) is 37.4 Å². The summed E-state index contributed by atoms with van der Waals surface area (Å²) in [5.74, 6) is -1.92. The Morgan fingerprint density at radius 3 is 2.51 bits per heavy atom. The molecule has 1 heterocycles. The van der Waals surface area contributed by atoms with Crippen molar-refractivity contribution in [2.24, 2.45) is 16.4 Å². The average molecular weight is 486 g/mol. The summed E-state index contributed by atoms with van der Waals surface area (Å²) in [6.45, 7) is 8.44. The fraction of sp³-hybridized carbons (Fsp3) is 0.500. The van der Waals surface area contributed by atoms with Crippen molar-refractivity contribution in [1.82, 2.24) is 5.32 Å². The van der Waals surface area contributed by atoms with E-state index in [-0.39, 0.29) is 23.5 Å². The summed E-state index contributed by atoms with van der Waals surface area (Å²) >= 11 is 0. The van der Waals surface area contributed by atoms with Gasteiger partial charge in [-0.15, -0.1) is 0 Å². The molecule has 0 saturated heterocycles. The number of nitrogens with one attached hydrogen (secondary N) is 1. The first-order chi connectivity index (χ1) is 16.6. The minimum absolute atomic E-state index is 0.0833. The summed E-state index contributed by atoms with van der Waals surface area (Å²) < 4.78 is 28.6. The van der Waals surface area contributed by atoms with Gasteiger partial charge in [-0.1, -0.05) is 51.8 Å². The predicted octanol–water partition coefficient (Wildman–Crippen LogP) is 5.67. The van der Waals surface area contributed by atoms with Crippen LogP contribution in [0.3, 0.4) is 0 Å². The molecule has 2 atom stereocenters. The number of nitrogens with zero attached hydrogens (tertiary/aromatic N) is 2. The Kier molecular flexibility index (Phi) is 8.65. The highest BCUT2D eigenvalue weighted by Gasteiger charge is 2.53. The number of hydrogen-bond donors (Lipinski definition) is 2. The van der Waals surface area contributed by atoms with Gasteiger partial charge < -0.3 is 10.4 Å². The van der Waals surface area contributed by atoms with Crippen LogP contribution in [-0.4, -0.2) is 35.4 Å². The number of carbonyl (C=O) groups is 1. The summed E-state index contributed by atoms with van der Waals surface area (Å²) in [7, 11) is 0. The Morgan fingerprint density at radius 1 is 1.17 bits per heavy atom. The van der Waals surface area contributed by atoms with Gasteiger partial charge in [-0.3, -0.25) is 4.79 Å². The number of benzene rings is 2. The number of aliphatic hydroxyl groups is 1. The number of halogens is 2. The first kappa shape index (κ1) is 26.8. The summed E-state index contributed by atoms with van der Waals surface area (Å²) in [6.07, 6.45) is 3.87. The third-order valence-electron chi connectivity index (χ3n) is 6.91. The molecule has 0 radical (unpaired) electrons. The molecule has 1 amide bonds. The van der Waals surface area contributed by atoms with Crippen LogP contribution in [-0.2, 0) is 4.79 Å². The van der Waals surface area contributed by atoms with Crippen LogP contribution >= 0.6 is 0 Å². The molecule has 0 bridgehead atoms.